The Bertz CT molecular complexity index is 383. The summed E-state index contributed by atoms with van der Waals surface area (Å²) in [5.74, 6) is 0.0448. The molecule has 0 aliphatic carbocycles. The molecule has 0 aromatic carbocycles. The molecular formula is C12H21N5OS. The van der Waals surface area contributed by atoms with Crippen LogP contribution in [0.25, 0.3) is 0 Å². The second kappa shape index (κ2) is 7.52. The molecule has 106 valence electrons. The number of aromatic nitrogens is 2. The van der Waals surface area contributed by atoms with Gasteiger partial charge in [0.15, 0.2) is 0 Å². The third kappa shape index (κ3) is 4.52. The lowest BCUT2D eigenvalue weighted by molar-refractivity contribution is -0.121. The van der Waals surface area contributed by atoms with Crippen LogP contribution in [0.1, 0.15) is 31.4 Å². The maximum absolute atomic E-state index is 11.5. The highest BCUT2D eigenvalue weighted by atomic mass is 32.1. The van der Waals surface area contributed by atoms with E-state index in [-0.39, 0.29) is 5.91 Å². The molecule has 6 nitrogen and oxygen atoms in total. The van der Waals surface area contributed by atoms with Crippen LogP contribution in [0.2, 0.25) is 0 Å². The Kier molecular flexibility index (Phi) is 5.68. The number of nitrogens with one attached hydrogen (secondary N) is 1. The van der Waals surface area contributed by atoms with Gasteiger partial charge in [-0.15, -0.1) is 5.10 Å². The quantitative estimate of drug-likeness (QED) is 0.787. The van der Waals surface area contributed by atoms with Gasteiger partial charge >= 0.3 is 0 Å². The van der Waals surface area contributed by atoms with Gasteiger partial charge in [0.25, 0.3) is 0 Å². The first-order chi connectivity index (χ1) is 9.29. The molecule has 0 saturated carbocycles. The number of likely N-dealkylation sites (tertiary alicyclic amines) is 1. The van der Waals surface area contributed by atoms with Gasteiger partial charge in [-0.05, 0) is 30.9 Å². The van der Waals surface area contributed by atoms with Crippen LogP contribution in [-0.4, -0.2) is 46.1 Å². The Balaban J connectivity index is 1.83. The minimum Gasteiger partial charge on any atom is -0.354 e. The van der Waals surface area contributed by atoms with Gasteiger partial charge in [-0.25, -0.2) is 0 Å². The van der Waals surface area contributed by atoms with Crippen molar-refractivity contribution in [2.24, 2.45) is 5.73 Å². The van der Waals surface area contributed by atoms with Crippen molar-refractivity contribution < 1.29 is 4.79 Å². The summed E-state index contributed by atoms with van der Waals surface area (Å²) in [6.07, 6.45) is 3.97. The molecule has 1 saturated heterocycles. The van der Waals surface area contributed by atoms with Gasteiger partial charge in [0, 0.05) is 37.5 Å². The predicted molar refractivity (Wildman–Crippen MR) is 74.6 cm³/mol. The summed E-state index contributed by atoms with van der Waals surface area (Å²) in [7, 11) is 0. The number of nitrogens with zero attached hydrogens (tertiary/aromatic N) is 3. The third-order valence-corrected chi connectivity index (χ3v) is 3.98. The van der Waals surface area contributed by atoms with Crippen molar-refractivity contribution >= 4 is 17.4 Å². The van der Waals surface area contributed by atoms with E-state index < -0.39 is 0 Å². The fraction of sp³-hybridized carbons (Fsp3) is 0.750. The average Bonchev–Trinajstić information content (AvgIpc) is 2.91. The van der Waals surface area contributed by atoms with Crippen LogP contribution in [0.15, 0.2) is 5.38 Å². The van der Waals surface area contributed by atoms with E-state index in [1.165, 1.54) is 24.4 Å². The average molecular weight is 283 g/mol. The van der Waals surface area contributed by atoms with Crippen molar-refractivity contribution in [2.45, 2.75) is 38.3 Å². The molecule has 1 fully saturated rings. The second-order valence-electron chi connectivity index (χ2n) is 4.86. The van der Waals surface area contributed by atoms with Gasteiger partial charge < -0.3 is 11.1 Å². The number of carbonyl (C=O) groups is 1. The highest BCUT2D eigenvalue weighted by molar-refractivity contribution is 7.03. The molecule has 1 atom stereocenters. The number of amides is 1. The summed E-state index contributed by atoms with van der Waals surface area (Å²) >= 11 is 1.38. The molecule has 1 aliphatic rings. The van der Waals surface area contributed by atoms with Crippen LogP contribution in [0.4, 0.5) is 0 Å². The van der Waals surface area contributed by atoms with Crippen LogP contribution >= 0.6 is 11.5 Å². The molecule has 1 amide bonds. The van der Waals surface area contributed by atoms with Crippen LogP contribution in [-0.2, 0) is 11.3 Å². The lowest BCUT2D eigenvalue weighted by Gasteiger charge is -2.35. The maximum atomic E-state index is 11.5. The number of piperidine rings is 1. The standard InChI is InChI=1S/C12H21N5OS/c13-5-4-12(18)14-7-11-3-1-2-6-17(11)8-10-9-19-16-15-10/h9,11H,1-8,13H2,(H,14,18). The molecule has 0 spiro atoms. The van der Waals surface area contributed by atoms with Gasteiger partial charge in [0.05, 0.1) is 5.69 Å². The molecule has 0 radical (unpaired) electrons. The Labute approximate surface area is 117 Å². The Hall–Kier alpha value is -1.05. The van der Waals surface area contributed by atoms with E-state index >= 15 is 0 Å². The number of nitrogens with two attached hydrogens (primary N) is 1. The topological polar surface area (TPSA) is 84.1 Å². The second-order valence-corrected chi connectivity index (χ2v) is 5.47. The van der Waals surface area contributed by atoms with Crippen LogP contribution < -0.4 is 11.1 Å². The molecule has 19 heavy (non-hydrogen) atoms. The van der Waals surface area contributed by atoms with Gasteiger partial charge in [-0.3, -0.25) is 9.69 Å². The Morgan fingerprint density at radius 3 is 3.21 bits per heavy atom. The number of hydrogen-bond donors (Lipinski definition) is 2. The van der Waals surface area contributed by atoms with Gasteiger partial charge in [0.2, 0.25) is 5.91 Å². The van der Waals surface area contributed by atoms with Crippen LogP contribution in [0, 0.1) is 0 Å². The molecule has 2 rings (SSSR count). The lowest BCUT2D eigenvalue weighted by Crippen LogP contribution is -2.46. The smallest absolute Gasteiger partial charge is 0.221 e. The number of hydrogen-bond acceptors (Lipinski definition) is 6. The summed E-state index contributed by atoms with van der Waals surface area (Å²) in [6.45, 7) is 3.00. The minimum atomic E-state index is 0.0448. The molecule has 2 heterocycles. The zero-order valence-electron chi connectivity index (χ0n) is 11.0. The van der Waals surface area contributed by atoms with Crippen LogP contribution in [0.3, 0.4) is 0 Å². The maximum Gasteiger partial charge on any atom is 0.221 e. The monoisotopic (exact) mass is 283 g/mol. The fourth-order valence-corrected chi connectivity index (χ4v) is 2.85. The van der Waals surface area contributed by atoms with E-state index in [1.807, 2.05) is 5.38 Å². The van der Waals surface area contributed by atoms with Crippen molar-refractivity contribution in [1.29, 1.82) is 0 Å². The fourth-order valence-electron chi connectivity index (χ4n) is 2.41. The van der Waals surface area contributed by atoms with E-state index in [9.17, 15) is 4.79 Å². The summed E-state index contributed by atoms with van der Waals surface area (Å²) < 4.78 is 3.89. The van der Waals surface area contributed by atoms with Crippen molar-refractivity contribution in [3.8, 4) is 0 Å². The molecule has 1 aliphatic heterocycles. The Morgan fingerprint density at radius 2 is 2.47 bits per heavy atom. The molecule has 1 unspecified atom stereocenters. The van der Waals surface area contributed by atoms with Gasteiger partial charge in [-0.1, -0.05) is 10.9 Å². The molecule has 1 aromatic heterocycles. The first-order valence-electron chi connectivity index (χ1n) is 6.76. The minimum absolute atomic E-state index is 0.0448. The highest BCUT2D eigenvalue weighted by Crippen LogP contribution is 2.18. The predicted octanol–water partition coefficient (Wildman–Crippen LogP) is 0.358. The Morgan fingerprint density at radius 1 is 1.58 bits per heavy atom. The third-order valence-electron chi connectivity index (χ3n) is 3.43. The molecule has 0 bridgehead atoms. The molecule has 7 heteroatoms. The highest BCUT2D eigenvalue weighted by Gasteiger charge is 2.23. The van der Waals surface area contributed by atoms with Gasteiger partial charge in [-0.2, -0.15) is 0 Å². The van der Waals surface area contributed by atoms with E-state index in [4.69, 9.17) is 5.73 Å². The van der Waals surface area contributed by atoms with E-state index in [2.05, 4.69) is 19.8 Å². The zero-order valence-corrected chi connectivity index (χ0v) is 11.9. The van der Waals surface area contributed by atoms with Gasteiger partial charge in [0.1, 0.15) is 0 Å². The molecule has 1 aromatic rings. The SMILES string of the molecule is NCCC(=O)NCC1CCCCN1Cc1csnn1. The summed E-state index contributed by atoms with van der Waals surface area (Å²) in [6, 6.07) is 0.400. The van der Waals surface area contributed by atoms with Crippen molar-refractivity contribution in [3.63, 3.8) is 0 Å². The van der Waals surface area contributed by atoms with Crippen molar-refractivity contribution in [1.82, 2.24) is 19.8 Å². The normalized spacial score (nSPS) is 20.4. The lowest BCUT2D eigenvalue weighted by atomic mass is 10.0. The summed E-state index contributed by atoms with van der Waals surface area (Å²) in [4.78, 5) is 13.9. The summed E-state index contributed by atoms with van der Waals surface area (Å²) in [5, 5.41) is 9.05. The van der Waals surface area contributed by atoms with E-state index in [0.717, 1.165) is 25.2 Å². The van der Waals surface area contributed by atoms with Crippen molar-refractivity contribution in [2.75, 3.05) is 19.6 Å². The first-order valence-corrected chi connectivity index (χ1v) is 7.60. The molecule has 3 N–H and O–H groups in total. The zero-order chi connectivity index (χ0) is 13.5. The number of carbonyl (C=O) groups excluding carboxylic acids is 1. The largest absolute Gasteiger partial charge is 0.354 e. The summed E-state index contributed by atoms with van der Waals surface area (Å²) in [5.41, 5.74) is 6.39. The molecular weight excluding hydrogens is 262 g/mol. The first kappa shape index (κ1) is 14.4. The van der Waals surface area contributed by atoms with Crippen LogP contribution in [0.5, 0.6) is 0 Å². The van der Waals surface area contributed by atoms with E-state index in [0.29, 0.717) is 25.6 Å². The number of rotatable bonds is 6. The van der Waals surface area contributed by atoms with Crippen molar-refractivity contribution in [3.05, 3.63) is 11.1 Å². The van der Waals surface area contributed by atoms with E-state index in [1.54, 1.807) is 0 Å².